The monoisotopic (exact) mass is 359 g/mol. The van der Waals surface area contributed by atoms with E-state index in [2.05, 4.69) is 21.9 Å². The summed E-state index contributed by atoms with van der Waals surface area (Å²) in [5, 5.41) is 7.51. The van der Waals surface area contributed by atoms with E-state index in [0.717, 1.165) is 5.56 Å². The first-order valence-electron chi connectivity index (χ1n) is 8.43. The summed E-state index contributed by atoms with van der Waals surface area (Å²) in [5.41, 5.74) is 0.845. The van der Waals surface area contributed by atoms with Gasteiger partial charge in [-0.2, -0.15) is 0 Å². The fourth-order valence-electron chi connectivity index (χ4n) is 2.08. The van der Waals surface area contributed by atoms with Gasteiger partial charge in [-0.15, -0.1) is 6.42 Å². The number of carbonyl (C=O) groups excluding carboxylic acids is 3. The van der Waals surface area contributed by atoms with Gasteiger partial charge in [0, 0.05) is 0 Å². The van der Waals surface area contributed by atoms with E-state index < -0.39 is 23.9 Å². The number of benzene rings is 1. The van der Waals surface area contributed by atoms with Crippen LogP contribution in [-0.4, -0.2) is 37.0 Å². The van der Waals surface area contributed by atoms with Gasteiger partial charge in [0.1, 0.15) is 12.6 Å². The highest BCUT2D eigenvalue weighted by molar-refractivity contribution is 5.89. The van der Waals surface area contributed by atoms with Gasteiger partial charge in [0.2, 0.25) is 11.8 Å². The lowest BCUT2D eigenvalue weighted by atomic mass is 9.98. The van der Waals surface area contributed by atoms with Crippen molar-refractivity contribution in [2.75, 3.05) is 13.1 Å². The molecule has 0 heterocycles. The molecule has 0 spiro atoms. The first kappa shape index (κ1) is 21.0. The van der Waals surface area contributed by atoms with Crippen LogP contribution in [0.1, 0.15) is 25.8 Å². The van der Waals surface area contributed by atoms with Crippen molar-refractivity contribution >= 4 is 17.9 Å². The summed E-state index contributed by atoms with van der Waals surface area (Å²) in [6.45, 7) is 3.72. The van der Waals surface area contributed by atoms with Crippen molar-refractivity contribution in [2.24, 2.45) is 5.92 Å². The smallest absolute Gasteiger partial charge is 0.408 e. The second-order valence-corrected chi connectivity index (χ2v) is 5.77. The topological polar surface area (TPSA) is 96.5 Å². The van der Waals surface area contributed by atoms with Crippen molar-refractivity contribution in [2.45, 2.75) is 32.9 Å². The Morgan fingerprint density at radius 3 is 2.50 bits per heavy atom. The molecule has 26 heavy (non-hydrogen) atoms. The molecule has 0 bridgehead atoms. The number of alkyl carbamates (subject to hydrolysis) is 1. The summed E-state index contributed by atoms with van der Waals surface area (Å²) < 4.78 is 5.15. The highest BCUT2D eigenvalue weighted by Crippen LogP contribution is 2.09. The summed E-state index contributed by atoms with van der Waals surface area (Å²) in [7, 11) is 0. The molecule has 140 valence electrons. The summed E-state index contributed by atoms with van der Waals surface area (Å²) in [6, 6.07) is 8.42. The van der Waals surface area contributed by atoms with Crippen LogP contribution in [0.3, 0.4) is 0 Å². The van der Waals surface area contributed by atoms with Crippen molar-refractivity contribution in [1.29, 1.82) is 0 Å². The second kappa shape index (κ2) is 11.5. The molecule has 7 nitrogen and oxygen atoms in total. The third kappa shape index (κ3) is 7.71. The molecule has 0 unspecified atom stereocenters. The number of hydrogen-bond donors (Lipinski definition) is 3. The molecule has 0 saturated heterocycles. The largest absolute Gasteiger partial charge is 0.445 e. The molecule has 0 aliphatic heterocycles. The van der Waals surface area contributed by atoms with Gasteiger partial charge in [0.15, 0.2) is 0 Å². The minimum Gasteiger partial charge on any atom is -0.445 e. The van der Waals surface area contributed by atoms with E-state index in [1.54, 1.807) is 0 Å². The van der Waals surface area contributed by atoms with E-state index in [9.17, 15) is 14.4 Å². The predicted molar refractivity (Wildman–Crippen MR) is 97.9 cm³/mol. The van der Waals surface area contributed by atoms with E-state index in [1.807, 2.05) is 44.2 Å². The van der Waals surface area contributed by atoms with Gasteiger partial charge in [-0.25, -0.2) is 4.79 Å². The van der Waals surface area contributed by atoms with Gasteiger partial charge in [0.25, 0.3) is 0 Å². The van der Waals surface area contributed by atoms with E-state index in [0.29, 0.717) is 6.42 Å². The molecule has 3 N–H and O–H groups in total. The minimum atomic E-state index is -0.802. The maximum absolute atomic E-state index is 12.3. The lowest BCUT2D eigenvalue weighted by molar-refractivity contribution is -0.127. The standard InChI is InChI=1S/C19H25N3O4/c1-4-11-20-16(23)12-21-18(24)17(14(3)5-2)22-19(25)26-13-15-9-7-6-8-10-15/h1,6-10,14,17H,5,11-13H2,2-3H3,(H,20,23)(H,21,24)(H,22,25)/t14-,17-/m0/s1. The summed E-state index contributed by atoms with van der Waals surface area (Å²) in [4.78, 5) is 35.9. The highest BCUT2D eigenvalue weighted by atomic mass is 16.5. The highest BCUT2D eigenvalue weighted by Gasteiger charge is 2.26. The summed E-state index contributed by atoms with van der Waals surface area (Å²) >= 11 is 0. The maximum Gasteiger partial charge on any atom is 0.408 e. The number of terminal acetylenes is 1. The fourth-order valence-corrected chi connectivity index (χ4v) is 2.08. The Bertz CT molecular complexity index is 640. The van der Waals surface area contributed by atoms with Gasteiger partial charge in [-0.1, -0.05) is 56.5 Å². The molecule has 0 saturated carbocycles. The number of ether oxygens (including phenoxy) is 1. The minimum absolute atomic E-state index is 0.0908. The van der Waals surface area contributed by atoms with Gasteiger partial charge >= 0.3 is 6.09 Å². The quantitative estimate of drug-likeness (QED) is 0.577. The van der Waals surface area contributed by atoms with Crippen molar-refractivity contribution in [3.8, 4) is 12.3 Å². The third-order valence-corrected chi connectivity index (χ3v) is 3.79. The first-order valence-corrected chi connectivity index (χ1v) is 8.43. The maximum atomic E-state index is 12.3. The number of carbonyl (C=O) groups is 3. The number of rotatable bonds is 9. The molecule has 3 amide bonds. The average molecular weight is 359 g/mol. The van der Waals surface area contributed by atoms with Crippen LogP contribution in [0.25, 0.3) is 0 Å². The molecular formula is C19H25N3O4. The molecule has 0 aromatic heterocycles. The summed E-state index contributed by atoms with van der Waals surface area (Å²) in [6.07, 6.45) is 5.03. The second-order valence-electron chi connectivity index (χ2n) is 5.77. The van der Waals surface area contributed by atoms with Gasteiger partial charge in [0.05, 0.1) is 13.1 Å². The van der Waals surface area contributed by atoms with Gasteiger partial charge in [-0.05, 0) is 11.5 Å². The summed E-state index contributed by atoms with van der Waals surface area (Å²) in [5.74, 6) is 1.29. The molecule has 1 aromatic rings. The van der Waals surface area contributed by atoms with Crippen molar-refractivity contribution in [1.82, 2.24) is 16.0 Å². The van der Waals surface area contributed by atoms with Crippen molar-refractivity contribution in [3.05, 3.63) is 35.9 Å². The number of amides is 3. The molecule has 0 fully saturated rings. The zero-order valence-electron chi connectivity index (χ0n) is 15.1. The lowest BCUT2D eigenvalue weighted by Crippen LogP contribution is -2.52. The molecule has 2 atom stereocenters. The van der Waals surface area contributed by atoms with Crippen LogP contribution >= 0.6 is 0 Å². The molecule has 7 heteroatoms. The van der Waals surface area contributed by atoms with Crippen LogP contribution in [0.4, 0.5) is 4.79 Å². The molecule has 0 radical (unpaired) electrons. The van der Waals surface area contributed by atoms with Gasteiger partial charge < -0.3 is 20.7 Å². The van der Waals surface area contributed by atoms with E-state index in [1.165, 1.54) is 0 Å². The molecule has 0 aliphatic carbocycles. The Hall–Kier alpha value is -3.01. The van der Waals surface area contributed by atoms with Crippen LogP contribution in [0.2, 0.25) is 0 Å². The average Bonchev–Trinajstić information content (AvgIpc) is 2.67. The zero-order chi connectivity index (χ0) is 19.4. The lowest BCUT2D eigenvalue weighted by Gasteiger charge is -2.23. The van der Waals surface area contributed by atoms with Crippen LogP contribution in [0.15, 0.2) is 30.3 Å². The van der Waals surface area contributed by atoms with Crippen LogP contribution in [0, 0.1) is 18.3 Å². The molecular weight excluding hydrogens is 334 g/mol. The molecule has 1 aromatic carbocycles. The Morgan fingerprint density at radius 2 is 1.88 bits per heavy atom. The van der Waals surface area contributed by atoms with Crippen LogP contribution in [0.5, 0.6) is 0 Å². The van der Waals surface area contributed by atoms with E-state index >= 15 is 0 Å². The number of hydrogen-bond acceptors (Lipinski definition) is 4. The van der Waals surface area contributed by atoms with E-state index in [4.69, 9.17) is 11.2 Å². The Balaban J connectivity index is 2.54. The number of nitrogens with one attached hydrogen (secondary N) is 3. The predicted octanol–water partition coefficient (Wildman–Crippen LogP) is 1.19. The molecule has 0 aliphatic rings. The third-order valence-electron chi connectivity index (χ3n) is 3.79. The van der Waals surface area contributed by atoms with E-state index in [-0.39, 0.29) is 25.6 Å². The van der Waals surface area contributed by atoms with Crippen LogP contribution in [-0.2, 0) is 20.9 Å². The zero-order valence-corrected chi connectivity index (χ0v) is 15.1. The fraction of sp³-hybridized carbons (Fsp3) is 0.421. The van der Waals surface area contributed by atoms with Crippen molar-refractivity contribution < 1.29 is 19.1 Å². The Morgan fingerprint density at radius 1 is 1.19 bits per heavy atom. The normalized spacial score (nSPS) is 12.2. The van der Waals surface area contributed by atoms with Crippen molar-refractivity contribution in [3.63, 3.8) is 0 Å². The first-order chi connectivity index (χ1) is 12.5. The molecule has 1 rings (SSSR count). The van der Waals surface area contributed by atoms with Gasteiger partial charge in [-0.3, -0.25) is 9.59 Å². The Labute approximate surface area is 153 Å². The SMILES string of the molecule is C#CCNC(=O)CNC(=O)[C@@H](NC(=O)OCc1ccccc1)[C@@H](C)CC. The Kier molecular flexibility index (Phi) is 9.33. The van der Waals surface area contributed by atoms with Crippen LogP contribution < -0.4 is 16.0 Å².